The monoisotopic (exact) mass is 615 g/mol. The number of carbonyl (C=O) groups is 3. The number of ether oxygens (including phenoxy) is 1. The highest BCUT2D eigenvalue weighted by atomic mass is 16.5. The molecule has 0 aliphatic carbocycles. The topological polar surface area (TPSA) is 79.0 Å². The van der Waals surface area contributed by atoms with Crippen LogP contribution in [0.3, 0.4) is 0 Å². The van der Waals surface area contributed by atoms with E-state index in [1.54, 1.807) is 4.90 Å². The Balaban J connectivity index is 1.24. The lowest BCUT2D eigenvalue weighted by Gasteiger charge is -2.52. The molecule has 2 heterocycles. The van der Waals surface area contributed by atoms with E-state index in [4.69, 9.17) is 4.74 Å². The summed E-state index contributed by atoms with van der Waals surface area (Å²) in [6, 6.07) is 39.1. The second kappa shape index (κ2) is 14.6. The molecule has 1 atom stereocenters. The molecule has 1 spiro atoms. The number of piperidine rings is 1. The third-order valence-electron chi connectivity index (χ3n) is 9.43. The molecule has 0 saturated carbocycles. The first kappa shape index (κ1) is 31.2. The molecule has 46 heavy (non-hydrogen) atoms. The van der Waals surface area contributed by atoms with Crippen molar-refractivity contribution < 1.29 is 19.1 Å². The summed E-state index contributed by atoms with van der Waals surface area (Å²) in [6.07, 6.45) is 1.77. The van der Waals surface area contributed by atoms with Gasteiger partial charge in [-0.15, -0.1) is 0 Å². The highest BCUT2D eigenvalue weighted by Crippen LogP contribution is 2.37. The van der Waals surface area contributed by atoms with Crippen LogP contribution < -0.4 is 5.32 Å². The van der Waals surface area contributed by atoms with Gasteiger partial charge in [0.1, 0.15) is 18.2 Å². The van der Waals surface area contributed by atoms with Crippen LogP contribution in [-0.2, 0) is 32.1 Å². The number of rotatable bonds is 11. The largest absolute Gasteiger partial charge is 0.461 e. The Morgan fingerprint density at radius 1 is 0.761 bits per heavy atom. The second-order valence-electron chi connectivity index (χ2n) is 12.3. The Morgan fingerprint density at radius 2 is 1.28 bits per heavy atom. The minimum absolute atomic E-state index is 0.116. The Hall–Kier alpha value is -4.75. The molecule has 4 aromatic rings. The van der Waals surface area contributed by atoms with Crippen molar-refractivity contribution in [3.05, 3.63) is 144 Å². The lowest BCUT2D eigenvalue weighted by atomic mass is 9.79. The van der Waals surface area contributed by atoms with Gasteiger partial charge in [0.05, 0.1) is 6.42 Å². The van der Waals surface area contributed by atoms with Gasteiger partial charge in [0.2, 0.25) is 11.8 Å². The minimum atomic E-state index is -0.993. The molecule has 2 saturated heterocycles. The molecular formula is C39H41N3O4. The van der Waals surface area contributed by atoms with E-state index >= 15 is 0 Å². The van der Waals surface area contributed by atoms with E-state index in [0.29, 0.717) is 32.5 Å². The summed E-state index contributed by atoms with van der Waals surface area (Å²) in [6.45, 7) is 2.75. The van der Waals surface area contributed by atoms with Crippen molar-refractivity contribution in [2.75, 3.05) is 26.2 Å². The highest BCUT2D eigenvalue weighted by molar-refractivity contribution is 6.01. The van der Waals surface area contributed by atoms with Gasteiger partial charge in [-0.1, -0.05) is 121 Å². The summed E-state index contributed by atoms with van der Waals surface area (Å²) in [7, 11) is 0. The second-order valence-corrected chi connectivity index (χ2v) is 12.3. The van der Waals surface area contributed by atoms with E-state index in [1.165, 1.54) is 5.56 Å². The molecule has 6 rings (SSSR count). The normalized spacial score (nSPS) is 18.0. The van der Waals surface area contributed by atoms with E-state index in [0.717, 1.165) is 29.7 Å². The predicted octanol–water partition coefficient (Wildman–Crippen LogP) is 5.36. The van der Waals surface area contributed by atoms with E-state index in [-0.39, 0.29) is 30.8 Å². The number of benzene rings is 4. The first-order valence-electron chi connectivity index (χ1n) is 16.2. The van der Waals surface area contributed by atoms with Crippen molar-refractivity contribution >= 4 is 17.8 Å². The molecule has 0 bridgehead atoms. The number of piperazine rings is 1. The molecule has 0 aromatic heterocycles. The Kier molecular flexibility index (Phi) is 9.89. The standard InChI is InChI=1S/C39H41N3O4/c43-36(46-29-31-15-7-2-8-16-31)27-35-37(44)42(28-34(32-17-9-3-10-18-32)33-19-11-4-12-20-33)39(38(45)40-35)22-25-41(26-23-39)24-21-30-13-5-1-6-14-30/h1-20,34-35H,21-29H2,(H,40,45). The van der Waals surface area contributed by atoms with Crippen LogP contribution in [0.5, 0.6) is 0 Å². The number of nitrogens with one attached hydrogen (secondary N) is 1. The number of carbonyl (C=O) groups excluding carboxylic acids is 3. The van der Waals surface area contributed by atoms with Gasteiger partial charge in [-0.3, -0.25) is 14.4 Å². The molecule has 7 nitrogen and oxygen atoms in total. The summed E-state index contributed by atoms with van der Waals surface area (Å²) in [5, 5.41) is 2.96. The average molecular weight is 616 g/mol. The fourth-order valence-corrected chi connectivity index (χ4v) is 6.77. The Bertz CT molecular complexity index is 1550. The van der Waals surface area contributed by atoms with Gasteiger partial charge in [-0.2, -0.15) is 0 Å². The maximum atomic E-state index is 14.4. The number of esters is 1. The third-order valence-corrected chi connectivity index (χ3v) is 9.43. The van der Waals surface area contributed by atoms with Crippen molar-refractivity contribution in [1.82, 2.24) is 15.1 Å². The zero-order valence-corrected chi connectivity index (χ0v) is 26.1. The summed E-state index contributed by atoms with van der Waals surface area (Å²) >= 11 is 0. The third kappa shape index (κ3) is 7.21. The van der Waals surface area contributed by atoms with Crippen LogP contribution in [0.15, 0.2) is 121 Å². The van der Waals surface area contributed by atoms with Gasteiger partial charge >= 0.3 is 5.97 Å². The fourth-order valence-electron chi connectivity index (χ4n) is 6.77. The van der Waals surface area contributed by atoms with Crippen molar-refractivity contribution in [1.29, 1.82) is 0 Å². The van der Waals surface area contributed by atoms with Crippen LogP contribution in [-0.4, -0.2) is 65.3 Å². The first-order valence-corrected chi connectivity index (χ1v) is 16.2. The van der Waals surface area contributed by atoms with Gasteiger partial charge in [-0.05, 0) is 41.5 Å². The summed E-state index contributed by atoms with van der Waals surface area (Å²) < 4.78 is 5.52. The van der Waals surface area contributed by atoms with E-state index in [1.807, 2.05) is 72.8 Å². The summed E-state index contributed by atoms with van der Waals surface area (Å²) in [5.41, 5.74) is 3.30. The van der Waals surface area contributed by atoms with E-state index in [2.05, 4.69) is 58.7 Å². The smallest absolute Gasteiger partial charge is 0.308 e. The van der Waals surface area contributed by atoms with Gasteiger partial charge in [-0.25, -0.2) is 0 Å². The molecule has 2 amide bonds. The van der Waals surface area contributed by atoms with Crippen LogP contribution in [0.4, 0.5) is 0 Å². The number of nitrogens with zero attached hydrogens (tertiary/aromatic N) is 2. The van der Waals surface area contributed by atoms with Crippen LogP contribution in [0, 0.1) is 0 Å². The Morgan fingerprint density at radius 3 is 1.85 bits per heavy atom. The van der Waals surface area contributed by atoms with E-state index in [9.17, 15) is 14.4 Å². The number of amides is 2. The lowest BCUT2D eigenvalue weighted by Crippen LogP contribution is -2.73. The zero-order chi connectivity index (χ0) is 31.8. The molecule has 2 aliphatic heterocycles. The minimum Gasteiger partial charge on any atom is -0.461 e. The molecule has 1 unspecified atom stereocenters. The van der Waals surface area contributed by atoms with Crippen molar-refractivity contribution in [3.63, 3.8) is 0 Å². The fraction of sp³-hybridized carbons (Fsp3) is 0.308. The lowest BCUT2D eigenvalue weighted by molar-refractivity contribution is -0.164. The molecule has 236 valence electrons. The van der Waals surface area contributed by atoms with Crippen LogP contribution in [0.1, 0.15) is 47.4 Å². The van der Waals surface area contributed by atoms with Crippen molar-refractivity contribution in [2.24, 2.45) is 0 Å². The molecule has 7 heteroatoms. The van der Waals surface area contributed by atoms with Gasteiger partial charge in [0, 0.05) is 32.1 Å². The maximum absolute atomic E-state index is 14.4. The molecular weight excluding hydrogens is 574 g/mol. The first-order chi connectivity index (χ1) is 22.5. The number of hydrogen-bond donors (Lipinski definition) is 1. The molecule has 0 radical (unpaired) electrons. The number of hydrogen-bond acceptors (Lipinski definition) is 5. The highest BCUT2D eigenvalue weighted by Gasteiger charge is 2.54. The summed E-state index contributed by atoms with van der Waals surface area (Å²) in [5.74, 6) is -1.07. The van der Waals surface area contributed by atoms with Crippen molar-refractivity contribution in [3.8, 4) is 0 Å². The quantitative estimate of drug-likeness (QED) is 0.230. The van der Waals surface area contributed by atoms with Crippen LogP contribution in [0.25, 0.3) is 0 Å². The molecule has 2 fully saturated rings. The van der Waals surface area contributed by atoms with E-state index < -0.39 is 17.6 Å². The average Bonchev–Trinajstić information content (AvgIpc) is 3.11. The van der Waals surface area contributed by atoms with Gasteiger partial charge in [0.15, 0.2) is 0 Å². The predicted molar refractivity (Wildman–Crippen MR) is 178 cm³/mol. The van der Waals surface area contributed by atoms with Crippen molar-refractivity contribution in [2.45, 2.75) is 49.8 Å². The molecule has 4 aromatic carbocycles. The molecule has 2 aliphatic rings. The van der Waals surface area contributed by atoms with Crippen LogP contribution >= 0.6 is 0 Å². The van der Waals surface area contributed by atoms with Gasteiger partial charge in [0.25, 0.3) is 0 Å². The zero-order valence-electron chi connectivity index (χ0n) is 26.1. The maximum Gasteiger partial charge on any atom is 0.308 e. The molecule has 1 N–H and O–H groups in total. The van der Waals surface area contributed by atoms with Crippen LogP contribution in [0.2, 0.25) is 0 Å². The van der Waals surface area contributed by atoms with Gasteiger partial charge < -0.3 is 19.9 Å². The number of likely N-dealkylation sites (tertiary alicyclic amines) is 1. The summed E-state index contributed by atoms with van der Waals surface area (Å²) in [4.78, 5) is 45.7. The Labute approximate surface area is 271 Å². The SMILES string of the molecule is O=C(CC1NC(=O)C2(CCN(CCc3ccccc3)CC2)N(CC(c2ccccc2)c2ccccc2)C1=O)OCc1ccccc1.